The van der Waals surface area contributed by atoms with Gasteiger partial charge >= 0.3 is 0 Å². The highest BCUT2D eigenvalue weighted by molar-refractivity contribution is 7.98. The topological polar surface area (TPSA) is 33.2 Å². The molecular weight excluding hydrogens is 288 g/mol. The molecule has 1 aromatic heterocycles. The summed E-state index contributed by atoms with van der Waals surface area (Å²) in [7, 11) is 1.82. The molecule has 0 aliphatic heterocycles. The van der Waals surface area contributed by atoms with E-state index in [2.05, 4.69) is 10.4 Å². The summed E-state index contributed by atoms with van der Waals surface area (Å²) in [6, 6.07) is 7.79. The first kappa shape index (κ1) is 15.1. The van der Waals surface area contributed by atoms with Gasteiger partial charge in [-0.1, -0.05) is 0 Å². The summed E-state index contributed by atoms with van der Waals surface area (Å²) < 4.78 is 0. The van der Waals surface area contributed by atoms with E-state index in [1.165, 1.54) is 0 Å². The molecule has 0 radical (unpaired) electrons. The van der Waals surface area contributed by atoms with Crippen LogP contribution in [-0.4, -0.2) is 29.4 Å². The molecule has 0 bridgehead atoms. The maximum absolute atomic E-state index is 12.0. The number of aryl methyl sites for hydroxylation is 1. The van der Waals surface area contributed by atoms with Gasteiger partial charge in [0.05, 0.1) is 10.7 Å². The van der Waals surface area contributed by atoms with Crippen molar-refractivity contribution < 1.29 is 4.79 Å². The molecule has 0 spiro atoms. The first-order chi connectivity index (χ1) is 9.60. The number of carbonyl (C=O) groups excluding carboxylic acids is 1. The molecule has 0 unspecified atom stereocenters. The van der Waals surface area contributed by atoms with Crippen LogP contribution >= 0.6 is 23.1 Å². The second kappa shape index (κ2) is 6.90. The zero-order valence-corrected chi connectivity index (χ0v) is 13.6. The Bertz CT molecular complexity index is 578. The minimum atomic E-state index is 0.0687. The molecule has 106 valence electrons. The number of thiazole rings is 1. The Morgan fingerprint density at radius 2 is 2.05 bits per heavy atom. The molecule has 1 aromatic carbocycles. The SMILES string of the molecule is CCN(C)C(=O)c1ccc(SCc2csc(C)n2)cc1. The second-order valence-electron chi connectivity index (χ2n) is 4.49. The highest BCUT2D eigenvalue weighted by Crippen LogP contribution is 2.24. The van der Waals surface area contributed by atoms with Crippen molar-refractivity contribution in [3.05, 3.63) is 45.9 Å². The lowest BCUT2D eigenvalue weighted by atomic mass is 10.2. The largest absolute Gasteiger partial charge is 0.342 e. The fraction of sp³-hybridized carbons (Fsp3) is 0.333. The molecule has 0 N–H and O–H groups in total. The minimum Gasteiger partial charge on any atom is -0.342 e. The van der Waals surface area contributed by atoms with E-state index in [9.17, 15) is 4.79 Å². The Morgan fingerprint density at radius 1 is 1.35 bits per heavy atom. The highest BCUT2D eigenvalue weighted by atomic mass is 32.2. The van der Waals surface area contributed by atoms with Gasteiger partial charge in [0, 0.05) is 35.2 Å². The number of carbonyl (C=O) groups is 1. The predicted octanol–water partition coefficient (Wildman–Crippen LogP) is 3.84. The van der Waals surface area contributed by atoms with E-state index in [1.807, 2.05) is 45.2 Å². The molecule has 3 nitrogen and oxygen atoms in total. The van der Waals surface area contributed by atoms with Crippen LogP contribution in [0.15, 0.2) is 34.5 Å². The highest BCUT2D eigenvalue weighted by Gasteiger charge is 2.09. The van der Waals surface area contributed by atoms with Crippen LogP contribution in [0.3, 0.4) is 0 Å². The third kappa shape index (κ3) is 3.84. The van der Waals surface area contributed by atoms with Crippen LogP contribution < -0.4 is 0 Å². The minimum absolute atomic E-state index is 0.0687. The fourth-order valence-corrected chi connectivity index (χ4v) is 3.20. The van der Waals surface area contributed by atoms with Gasteiger partial charge in [-0.3, -0.25) is 4.79 Å². The monoisotopic (exact) mass is 306 g/mol. The summed E-state index contributed by atoms with van der Waals surface area (Å²) in [6.45, 7) is 4.71. The van der Waals surface area contributed by atoms with Gasteiger partial charge in [0.15, 0.2) is 0 Å². The average molecular weight is 306 g/mol. The van der Waals surface area contributed by atoms with Gasteiger partial charge in [0.2, 0.25) is 0 Å². The van der Waals surface area contributed by atoms with Crippen LogP contribution in [0.25, 0.3) is 0 Å². The summed E-state index contributed by atoms with van der Waals surface area (Å²) >= 11 is 3.42. The first-order valence-corrected chi connectivity index (χ1v) is 8.36. The molecule has 0 atom stereocenters. The summed E-state index contributed by atoms with van der Waals surface area (Å²) in [5.74, 6) is 0.936. The number of hydrogen-bond acceptors (Lipinski definition) is 4. The number of rotatable bonds is 5. The Hall–Kier alpha value is -1.33. The van der Waals surface area contributed by atoms with Crippen LogP contribution in [0.5, 0.6) is 0 Å². The molecule has 2 rings (SSSR count). The van der Waals surface area contributed by atoms with Crippen LogP contribution in [0.4, 0.5) is 0 Å². The van der Waals surface area contributed by atoms with Gasteiger partial charge in [-0.2, -0.15) is 0 Å². The zero-order valence-electron chi connectivity index (χ0n) is 11.9. The van der Waals surface area contributed by atoms with Gasteiger partial charge in [-0.05, 0) is 38.1 Å². The molecule has 0 aliphatic rings. The molecule has 1 heterocycles. The molecule has 0 saturated carbocycles. The van der Waals surface area contributed by atoms with Crippen molar-refractivity contribution in [1.82, 2.24) is 9.88 Å². The van der Waals surface area contributed by atoms with E-state index < -0.39 is 0 Å². The van der Waals surface area contributed by atoms with Gasteiger partial charge in [-0.25, -0.2) is 4.98 Å². The average Bonchev–Trinajstić information content (AvgIpc) is 2.89. The quantitative estimate of drug-likeness (QED) is 0.787. The van der Waals surface area contributed by atoms with Crippen molar-refractivity contribution in [3.63, 3.8) is 0 Å². The molecule has 0 aliphatic carbocycles. The van der Waals surface area contributed by atoms with Crippen molar-refractivity contribution >= 4 is 29.0 Å². The summed E-state index contributed by atoms with van der Waals surface area (Å²) in [6.07, 6.45) is 0. The normalized spacial score (nSPS) is 10.6. The molecular formula is C15H18N2OS2. The second-order valence-corrected chi connectivity index (χ2v) is 6.60. The smallest absolute Gasteiger partial charge is 0.253 e. The van der Waals surface area contributed by atoms with E-state index in [-0.39, 0.29) is 5.91 Å². The van der Waals surface area contributed by atoms with Crippen molar-refractivity contribution in [2.45, 2.75) is 24.5 Å². The van der Waals surface area contributed by atoms with Crippen molar-refractivity contribution in [2.24, 2.45) is 0 Å². The zero-order chi connectivity index (χ0) is 14.5. The maximum Gasteiger partial charge on any atom is 0.253 e. The Morgan fingerprint density at radius 3 is 2.60 bits per heavy atom. The van der Waals surface area contributed by atoms with E-state index in [0.29, 0.717) is 0 Å². The molecule has 0 fully saturated rings. The van der Waals surface area contributed by atoms with Crippen LogP contribution in [0, 0.1) is 6.92 Å². The number of benzene rings is 1. The Kier molecular flexibility index (Phi) is 5.20. The standard InChI is InChI=1S/C15H18N2OS2/c1-4-17(3)15(18)12-5-7-14(8-6-12)20-10-13-9-19-11(2)16-13/h5-9H,4,10H2,1-3H3. The molecule has 1 amide bonds. The van der Waals surface area contributed by atoms with E-state index in [1.54, 1.807) is 28.0 Å². The number of nitrogens with zero attached hydrogens (tertiary/aromatic N) is 2. The van der Waals surface area contributed by atoms with E-state index in [4.69, 9.17) is 0 Å². The maximum atomic E-state index is 12.0. The van der Waals surface area contributed by atoms with Crippen LogP contribution in [-0.2, 0) is 5.75 Å². The Labute approximate surface area is 128 Å². The van der Waals surface area contributed by atoms with Crippen LogP contribution in [0.1, 0.15) is 28.0 Å². The summed E-state index contributed by atoms with van der Waals surface area (Å²) in [5.41, 5.74) is 1.85. The Balaban J connectivity index is 1.96. The third-order valence-corrected chi connectivity index (χ3v) is 4.84. The first-order valence-electron chi connectivity index (χ1n) is 6.49. The lowest BCUT2D eigenvalue weighted by Crippen LogP contribution is -2.26. The number of thioether (sulfide) groups is 1. The van der Waals surface area contributed by atoms with Crippen LogP contribution in [0.2, 0.25) is 0 Å². The van der Waals surface area contributed by atoms with Gasteiger partial charge in [0.25, 0.3) is 5.91 Å². The lowest BCUT2D eigenvalue weighted by Gasteiger charge is -2.14. The lowest BCUT2D eigenvalue weighted by molar-refractivity contribution is 0.0802. The molecule has 5 heteroatoms. The molecule has 20 heavy (non-hydrogen) atoms. The van der Waals surface area contributed by atoms with E-state index in [0.717, 1.165) is 33.5 Å². The van der Waals surface area contributed by atoms with Gasteiger partial charge < -0.3 is 4.90 Å². The number of aromatic nitrogens is 1. The summed E-state index contributed by atoms with van der Waals surface area (Å²) in [5, 5.41) is 3.19. The molecule has 2 aromatic rings. The fourth-order valence-electron chi connectivity index (χ4n) is 1.69. The van der Waals surface area contributed by atoms with Crippen molar-refractivity contribution in [3.8, 4) is 0 Å². The van der Waals surface area contributed by atoms with Gasteiger partial charge in [-0.15, -0.1) is 23.1 Å². The molecule has 0 saturated heterocycles. The van der Waals surface area contributed by atoms with Crippen molar-refractivity contribution in [1.29, 1.82) is 0 Å². The van der Waals surface area contributed by atoms with Gasteiger partial charge in [0.1, 0.15) is 0 Å². The number of hydrogen-bond donors (Lipinski definition) is 0. The number of amides is 1. The van der Waals surface area contributed by atoms with E-state index >= 15 is 0 Å². The predicted molar refractivity (Wildman–Crippen MR) is 85.5 cm³/mol. The summed E-state index contributed by atoms with van der Waals surface area (Å²) in [4.78, 5) is 19.3. The third-order valence-electron chi connectivity index (χ3n) is 2.98. The van der Waals surface area contributed by atoms with Crippen molar-refractivity contribution in [2.75, 3.05) is 13.6 Å².